The van der Waals surface area contributed by atoms with Crippen molar-refractivity contribution < 1.29 is 4.52 Å². The van der Waals surface area contributed by atoms with E-state index in [-0.39, 0.29) is 6.04 Å². The molecule has 1 aliphatic carbocycles. The molecule has 0 N–H and O–H groups in total. The van der Waals surface area contributed by atoms with Gasteiger partial charge in [-0.15, -0.1) is 0 Å². The molecule has 22 heavy (non-hydrogen) atoms. The lowest BCUT2D eigenvalue weighted by atomic mass is 9.98. The second kappa shape index (κ2) is 5.50. The molecule has 3 heterocycles. The fourth-order valence-electron chi connectivity index (χ4n) is 3.26. The summed E-state index contributed by atoms with van der Waals surface area (Å²) in [6.07, 6.45) is 8.68. The molecule has 1 fully saturated rings. The molecule has 2 aliphatic rings. The maximum absolute atomic E-state index is 5.46. The highest BCUT2D eigenvalue weighted by molar-refractivity contribution is 5.04. The molecule has 2 aromatic heterocycles. The van der Waals surface area contributed by atoms with Gasteiger partial charge in [-0.3, -0.25) is 4.90 Å². The summed E-state index contributed by atoms with van der Waals surface area (Å²) >= 11 is 0. The van der Waals surface area contributed by atoms with E-state index >= 15 is 0 Å². The average molecular weight is 301 g/mol. The molecule has 0 aromatic carbocycles. The van der Waals surface area contributed by atoms with Crippen molar-refractivity contribution in [3.63, 3.8) is 0 Å². The smallest absolute Gasteiger partial charge is 0.243 e. The Hall–Kier alpha value is -1.69. The Morgan fingerprint density at radius 3 is 3.09 bits per heavy atom. The van der Waals surface area contributed by atoms with E-state index in [9.17, 15) is 0 Å². The predicted molar refractivity (Wildman–Crippen MR) is 81.4 cm³/mol. The summed E-state index contributed by atoms with van der Waals surface area (Å²) in [4.78, 5) is 11.3. The molecular formula is C16H23N5O. The van der Waals surface area contributed by atoms with Crippen LogP contribution in [0.25, 0.3) is 0 Å². The Morgan fingerprint density at radius 1 is 1.41 bits per heavy atom. The van der Waals surface area contributed by atoms with Crippen LogP contribution >= 0.6 is 0 Å². The molecule has 0 amide bonds. The minimum absolute atomic E-state index is 0.171. The monoisotopic (exact) mass is 301 g/mol. The third-order valence-electron chi connectivity index (χ3n) is 5.00. The Bertz CT molecular complexity index is 645. The minimum atomic E-state index is 0.171. The van der Waals surface area contributed by atoms with Crippen LogP contribution in [-0.2, 0) is 13.0 Å². The maximum atomic E-state index is 5.46. The van der Waals surface area contributed by atoms with Crippen LogP contribution in [-0.4, -0.2) is 38.2 Å². The lowest BCUT2D eigenvalue weighted by Gasteiger charge is -2.30. The first-order valence-electron chi connectivity index (χ1n) is 8.24. The van der Waals surface area contributed by atoms with Crippen molar-refractivity contribution in [1.82, 2.24) is 24.6 Å². The highest BCUT2D eigenvalue weighted by atomic mass is 16.5. The maximum Gasteiger partial charge on any atom is 0.243 e. The first-order chi connectivity index (χ1) is 10.7. The van der Waals surface area contributed by atoms with Crippen LogP contribution < -0.4 is 0 Å². The number of hydrogen-bond donors (Lipinski definition) is 0. The van der Waals surface area contributed by atoms with Crippen LogP contribution in [0.2, 0.25) is 0 Å². The molecule has 1 aliphatic heterocycles. The van der Waals surface area contributed by atoms with Gasteiger partial charge in [-0.25, -0.2) is 4.98 Å². The van der Waals surface area contributed by atoms with Gasteiger partial charge in [0.05, 0.1) is 6.04 Å². The van der Waals surface area contributed by atoms with E-state index in [1.54, 1.807) is 0 Å². The van der Waals surface area contributed by atoms with Gasteiger partial charge >= 0.3 is 0 Å². The van der Waals surface area contributed by atoms with Crippen molar-refractivity contribution >= 4 is 0 Å². The Kier molecular flexibility index (Phi) is 3.48. The van der Waals surface area contributed by atoms with Gasteiger partial charge in [-0.2, -0.15) is 4.98 Å². The first kappa shape index (κ1) is 13.9. The predicted octanol–water partition coefficient (Wildman–Crippen LogP) is 2.40. The van der Waals surface area contributed by atoms with Crippen molar-refractivity contribution in [1.29, 1.82) is 0 Å². The van der Waals surface area contributed by atoms with Crippen molar-refractivity contribution in [2.45, 2.75) is 51.1 Å². The van der Waals surface area contributed by atoms with Crippen LogP contribution in [0.15, 0.2) is 16.9 Å². The van der Waals surface area contributed by atoms with E-state index in [2.05, 4.69) is 44.8 Å². The summed E-state index contributed by atoms with van der Waals surface area (Å²) in [6.45, 7) is 4.25. The third-order valence-corrected chi connectivity index (χ3v) is 5.00. The van der Waals surface area contributed by atoms with Crippen molar-refractivity contribution in [2.75, 3.05) is 13.6 Å². The summed E-state index contributed by atoms with van der Waals surface area (Å²) in [5.74, 6) is 4.07. The van der Waals surface area contributed by atoms with Crippen LogP contribution in [0.4, 0.5) is 0 Å². The van der Waals surface area contributed by atoms with E-state index in [1.807, 2.05) is 6.20 Å². The molecule has 0 bridgehead atoms. The Morgan fingerprint density at radius 2 is 2.27 bits per heavy atom. The quantitative estimate of drug-likeness (QED) is 0.848. The number of nitrogens with zero attached hydrogens (tertiary/aromatic N) is 5. The summed E-state index contributed by atoms with van der Waals surface area (Å²) in [5, 5.41) is 4.13. The molecule has 0 spiro atoms. The molecule has 0 unspecified atom stereocenters. The van der Waals surface area contributed by atoms with Crippen LogP contribution in [0.5, 0.6) is 0 Å². The normalized spacial score (nSPS) is 22.8. The molecule has 2 aromatic rings. The SMILES string of the molecule is C[C@@H](c1nc(C2CC2)no1)N(C)C[C@H]1CCc2nccn2C1. The van der Waals surface area contributed by atoms with Crippen LogP contribution in [0.1, 0.15) is 55.7 Å². The number of rotatable bonds is 5. The van der Waals surface area contributed by atoms with E-state index in [0.29, 0.717) is 11.8 Å². The molecule has 6 nitrogen and oxygen atoms in total. The molecule has 2 atom stereocenters. The zero-order chi connectivity index (χ0) is 15.1. The molecule has 1 saturated carbocycles. The number of fused-ring (bicyclic) bond motifs is 1. The summed E-state index contributed by atoms with van der Waals surface area (Å²) in [5.41, 5.74) is 0. The number of aryl methyl sites for hydroxylation is 1. The molecule has 118 valence electrons. The topological polar surface area (TPSA) is 60.0 Å². The van der Waals surface area contributed by atoms with E-state index in [4.69, 9.17) is 4.52 Å². The zero-order valence-corrected chi connectivity index (χ0v) is 13.3. The lowest BCUT2D eigenvalue weighted by molar-refractivity contribution is 0.165. The number of hydrogen-bond acceptors (Lipinski definition) is 5. The van der Waals surface area contributed by atoms with Gasteiger partial charge in [0.1, 0.15) is 5.82 Å². The van der Waals surface area contributed by atoms with Crippen molar-refractivity contribution in [3.8, 4) is 0 Å². The van der Waals surface area contributed by atoms with E-state index in [1.165, 1.54) is 25.1 Å². The van der Waals surface area contributed by atoms with Gasteiger partial charge in [0, 0.05) is 37.8 Å². The zero-order valence-electron chi connectivity index (χ0n) is 13.3. The highest BCUT2D eigenvalue weighted by Gasteiger charge is 2.30. The second-order valence-electron chi connectivity index (χ2n) is 6.78. The second-order valence-corrected chi connectivity index (χ2v) is 6.78. The summed E-state index contributed by atoms with van der Waals surface area (Å²) in [7, 11) is 2.15. The summed E-state index contributed by atoms with van der Waals surface area (Å²) < 4.78 is 7.75. The molecular weight excluding hydrogens is 278 g/mol. The molecule has 4 rings (SSSR count). The van der Waals surface area contributed by atoms with Gasteiger partial charge in [-0.1, -0.05) is 5.16 Å². The van der Waals surface area contributed by atoms with Gasteiger partial charge in [0.2, 0.25) is 5.89 Å². The fourth-order valence-corrected chi connectivity index (χ4v) is 3.26. The highest BCUT2D eigenvalue weighted by Crippen LogP contribution is 2.38. The van der Waals surface area contributed by atoms with Crippen molar-refractivity contribution in [2.24, 2.45) is 5.92 Å². The Balaban J connectivity index is 1.37. The van der Waals surface area contributed by atoms with Gasteiger partial charge < -0.3 is 9.09 Å². The first-order valence-corrected chi connectivity index (χ1v) is 8.24. The van der Waals surface area contributed by atoms with Gasteiger partial charge in [-0.05, 0) is 39.2 Å². The minimum Gasteiger partial charge on any atom is -0.338 e. The standard InChI is InChI=1S/C16H23N5O/c1-11(16-18-15(19-22-16)13-4-5-13)20(2)9-12-3-6-14-17-7-8-21(14)10-12/h7-8,11-13H,3-6,9-10H2,1-2H3/t11-,12+/m0/s1. The largest absolute Gasteiger partial charge is 0.338 e. The van der Waals surface area contributed by atoms with Crippen molar-refractivity contribution in [3.05, 3.63) is 29.9 Å². The van der Waals surface area contributed by atoms with Gasteiger partial charge in [0.15, 0.2) is 5.82 Å². The van der Waals surface area contributed by atoms with Crippen LogP contribution in [0, 0.1) is 5.92 Å². The molecule has 6 heteroatoms. The molecule has 0 saturated heterocycles. The summed E-state index contributed by atoms with van der Waals surface area (Å²) in [6, 6.07) is 0.171. The number of imidazole rings is 1. The van der Waals surface area contributed by atoms with Gasteiger partial charge in [0.25, 0.3) is 0 Å². The third kappa shape index (κ3) is 2.67. The van der Waals surface area contributed by atoms with E-state index < -0.39 is 0 Å². The van der Waals surface area contributed by atoms with Crippen LogP contribution in [0.3, 0.4) is 0 Å². The molecule has 0 radical (unpaired) electrons. The van der Waals surface area contributed by atoms with E-state index in [0.717, 1.165) is 31.2 Å². The Labute approximate surface area is 130 Å². The lowest BCUT2D eigenvalue weighted by Crippen LogP contribution is -2.33. The number of aromatic nitrogens is 4. The average Bonchev–Trinajstić information content (AvgIpc) is 3.08. The fraction of sp³-hybridized carbons (Fsp3) is 0.688.